The van der Waals surface area contributed by atoms with Crippen LogP contribution in [-0.2, 0) is 0 Å². The van der Waals surface area contributed by atoms with E-state index in [1.165, 1.54) is 17.5 Å². The van der Waals surface area contributed by atoms with E-state index >= 15 is 0 Å². The molecule has 0 radical (unpaired) electrons. The number of hydrogen-bond donors (Lipinski definition) is 1. The topological polar surface area (TPSA) is 12.0 Å². The zero-order valence-corrected chi connectivity index (χ0v) is 13.7. The van der Waals surface area contributed by atoms with Crippen LogP contribution in [0.2, 0.25) is 5.02 Å². The van der Waals surface area contributed by atoms with Crippen molar-refractivity contribution in [2.75, 3.05) is 5.32 Å². The Bertz CT molecular complexity index is 626. The number of nitrogens with one attached hydrogen (secondary N) is 1. The lowest BCUT2D eigenvalue weighted by atomic mass is 9.81. The van der Waals surface area contributed by atoms with Crippen molar-refractivity contribution >= 4 is 33.2 Å². The second kappa shape index (κ2) is 5.79. The maximum absolute atomic E-state index is 6.10. The molecule has 2 aromatic carbocycles. The van der Waals surface area contributed by atoms with Crippen LogP contribution in [0.3, 0.4) is 0 Å². The molecule has 2 aromatic rings. The van der Waals surface area contributed by atoms with Crippen molar-refractivity contribution in [1.29, 1.82) is 0 Å². The zero-order chi connectivity index (χ0) is 14.1. The van der Waals surface area contributed by atoms with Crippen LogP contribution < -0.4 is 5.32 Å². The van der Waals surface area contributed by atoms with Gasteiger partial charge in [0.1, 0.15) is 0 Å². The molecule has 0 fully saturated rings. The van der Waals surface area contributed by atoms with E-state index in [1.807, 2.05) is 18.2 Å². The molecular weight excluding hydrogens is 334 g/mol. The molecule has 0 saturated carbocycles. The van der Waals surface area contributed by atoms with Crippen LogP contribution >= 0.6 is 27.5 Å². The summed E-state index contributed by atoms with van der Waals surface area (Å²) in [7, 11) is 0. The number of rotatable bonds is 2. The summed E-state index contributed by atoms with van der Waals surface area (Å²) in [5, 5.41) is 4.39. The van der Waals surface area contributed by atoms with Gasteiger partial charge in [0.15, 0.2) is 0 Å². The average Bonchev–Trinajstić information content (AvgIpc) is 2.46. The second-order valence-electron chi connectivity index (χ2n) is 5.43. The highest BCUT2D eigenvalue weighted by molar-refractivity contribution is 9.10. The lowest BCUT2D eigenvalue weighted by Crippen LogP contribution is -2.19. The molecule has 3 rings (SSSR count). The standard InChI is InChI=1S/C17H17BrClN/c1-11-6-9-16(14-5-3-2-4-13(11)14)20-17-10-12(19)7-8-15(17)18/h2-5,7-8,10-11,16,20H,6,9H2,1H3. The molecule has 0 aromatic heterocycles. The van der Waals surface area contributed by atoms with E-state index in [2.05, 4.69) is 52.4 Å². The van der Waals surface area contributed by atoms with Crippen molar-refractivity contribution in [3.63, 3.8) is 0 Å². The van der Waals surface area contributed by atoms with E-state index in [0.717, 1.165) is 21.6 Å². The van der Waals surface area contributed by atoms with E-state index in [-0.39, 0.29) is 0 Å². The molecule has 2 atom stereocenters. The van der Waals surface area contributed by atoms with E-state index in [0.29, 0.717) is 12.0 Å². The molecule has 20 heavy (non-hydrogen) atoms. The summed E-state index contributed by atoms with van der Waals surface area (Å²) in [5.74, 6) is 0.645. The Morgan fingerprint density at radius 1 is 1.10 bits per heavy atom. The van der Waals surface area contributed by atoms with Crippen molar-refractivity contribution in [3.8, 4) is 0 Å². The maximum atomic E-state index is 6.10. The highest BCUT2D eigenvalue weighted by atomic mass is 79.9. The third-order valence-corrected chi connectivity index (χ3v) is 4.98. The van der Waals surface area contributed by atoms with Crippen LogP contribution in [-0.4, -0.2) is 0 Å². The predicted octanol–water partition coefficient (Wildman–Crippen LogP) is 6.15. The lowest BCUT2D eigenvalue weighted by Gasteiger charge is -2.31. The molecule has 1 aliphatic rings. The van der Waals surface area contributed by atoms with Gasteiger partial charge in [-0.3, -0.25) is 0 Å². The van der Waals surface area contributed by atoms with E-state index < -0.39 is 0 Å². The fraction of sp³-hybridized carbons (Fsp3) is 0.294. The Morgan fingerprint density at radius 2 is 1.85 bits per heavy atom. The summed E-state index contributed by atoms with van der Waals surface area (Å²) in [5.41, 5.74) is 3.94. The second-order valence-corrected chi connectivity index (χ2v) is 6.72. The SMILES string of the molecule is CC1CCC(Nc2cc(Cl)ccc2Br)c2ccccc21. The molecule has 0 amide bonds. The lowest BCUT2D eigenvalue weighted by molar-refractivity contribution is 0.534. The minimum Gasteiger partial charge on any atom is -0.377 e. The van der Waals surface area contributed by atoms with E-state index in [9.17, 15) is 0 Å². The summed E-state index contributed by atoms with van der Waals surface area (Å²) in [4.78, 5) is 0. The summed E-state index contributed by atoms with van der Waals surface area (Å²) < 4.78 is 1.05. The molecule has 0 heterocycles. The molecular formula is C17H17BrClN. The van der Waals surface area contributed by atoms with E-state index in [1.54, 1.807) is 0 Å². The van der Waals surface area contributed by atoms with Crippen molar-refractivity contribution in [2.45, 2.75) is 31.7 Å². The summed E-state index contributed by atoms with van der Waals surface area (Å²) in [6.07, 6.45) is 2.37. The van der Waals surface area contributed by atoms with Crippen LogP contribution in [0.1, 0.15) is 42.9 Å². The summed E-state index contributed by atoms with van der Waals surface area (Å²) in [6.45, 7) is 2.31. The Balaban J connectivity index is 1.92. The highest BCUT2D eigenvalue weighted by Gasteiger charge is 2.24. The molecule has 0 aliphatic heterocycles. The van der Waals surface area contributed by atoms with Gasteiger partial charge < -0.3 is 5.32 Å². The largest absolute Gasteiger partial charge is 0.377 e. The van der Waals surface area contributed by atoms with Crippen LogP contribution in [0, 0.1) is 0 Å². The van der Waals surface area contributed by atoms with Gasteiger partial charge >= 0.3 is 0 Å². The monoisotopic (exact) mass is 349 g/mol. The van der Waals surface area contributed by atoms with Gasteiger partial charge in [-0.25, -0.2) is 0 Å². The molecule has 2 unspecified atom stereocenters. The van der Waals surface area contributed by atoms with Crippen LogP contribution in [0.15, 0.2) is 46.9 Å². The van der Waals surface area contributed by atoms with Crippen LogP contribution in [0.5, 0.6) is 0 Å². The van der Waals surface area contributed by atoms with Crippen LogP contribution in [0.25, 0.3) is 0 Å². The minimum atomic E-state index is 0.358. The first-order valence-electron chi connectivity index (χ1n) is 6.95. The first kappa shape index (κ1) is 14.0. The van der Waals surface area contributed by atoms with Gasteiger partial charge in [-0.1, -0.05) is 42.8 Å². The Morgan fingerprint density at radius 3 is 2.65 bits per heavy atom. The minimum absolute atomic E-state index is 0.358. The molecule has 1 N–H and O–H groups in total. The average molecular weight is 351 g/mol. The van der Waals surface area contributed by atoms with Crippen LogP contribution in [0.4, 0.5) is 5.69 Å². The van der Waals surface area contributed by atoms with Gasteiger partial charge in [-0.2, -0.15) is 0 Å². The molecule has 0 spiro atoms. The normalized spacial score (nSPS) is 21.4. The Hall–Kier alpha value is -0.990. The predicted molar refractivity (Wildman–Crippen MR) is 89.6 cm³/mol. The molecule has 104 valence electrons. The Labute approximate surface area is 133 Å². The van der Waals surface area contributed by atoms with Gasteiger partial charge in [-0.05, 0) is 64.0 Å². The molecule has 0 bridgehead atoms. The first-order chi connectivity index (χ1) is 9.65. The highest BCUT2D eigenvalue weighted by Crippen LogP contribution is 2.40. The smallest absolute Gasteiger partial charge is 0.0517 e. The van der Waals surface area contributed by atoms with Gasteiger partial charge in [0, 0.05) is 9.50 Å². The zero-order valence-electron chi connectivity index (χ0n) is 11.4. The number of halogens is 2. The van der Waals surface area contributed by atoms with Crippen molar-refractivity contribution in [3.05, 3.63) is 63.1 Å². The molecule has 1 aliphatic carbocycles. The number of benzene rings is 2. The third-order valence-electron chi connectivity index (χ3n) is 4.05. The number of hydrogen-bond acceptors (Lipinski definition) is 1. The maximum Gasteiger partial charge on any atom is 0.0517 e. The quantitative estimate of drug-likeness (QED) is 0.684. The van der Waals surface area contributed by atoms with Gasteiger partial charge in [0.25, 0.3) is 0 Å². The third kappa shape index (κ3) is 2.72. The van der Waals surface area contributed by atoms with Gasteiger partial charge in [-0.15, -0.1) is 0 Å². The molecule has 0 saturated heterocycles. The van der Waals surface area contributed by atoms with Crippen molar-refractivity contribution in [1.82, 2.24) is 0 Å². The summed E-state index contributed by atoms with van der Waals surface area (Å²) in [6, 6.07) is 15.0. The van der Waals surface area contributed by atoms with Gasteiger partial charge in [0.05, 0.1) is 11.7 Å². The van der Waals surface area contributed by atoms with Crippen molar-refractivity contribution < 1.29 is 0 Å². The Kier molecular flexibility index (Phi) is 4.04. The van der Waals surface area contributed by atoms with Gasteiger partial charge in [0.2, 0.25) is 0 Å². The first-order valence-corrected chi connectivity index (χ1v) is 8.12. The fourth-order valence-electron chi connectivity index (χ4n) is 2.95. The van der Waals surface area contributed by atoms with Crippen molar-refractivity contribution in [2.24, 2.45) is 0 Å². The molecule has 3 heteroatoms. The molecule has 1 nitrogen and oxygen atoms in total. The fourth-order valence-corrected chi connectivity index (χ4v) is 3.48. The number of fused-ring (bicyclic) bond motifs is 1. The van der Waals surface area contributed by atoms with E-state index in [4.69, 9.17) is 11.6 Å². The number of anilines is 1. The summed E-state index contributed by atoms with van der Waals surface area (Å²) >= 11 is 9.69.